The number of nitrogens with one attached hydrogen (secondary N) is 1. The van der Waals surface area contributed by atoms with E-state index in [1.54, 1.807) is 43.8 Å². The number of ether oxygens (including phenoxy) is 1. The Kier molecular flexibility index (Phi) is 4.02. The van der Waals surface area contributed by atoms with Crippen LogP contribution in [-0.4, -0.2) is 18.0 Å². The number of pyridine rings is 1. The number of hydrogen-bond acceptors (Lipinski definition) is 3. The predicted molar refractivity (Wildman–Crippen MR) is 74.9 cm³/mol. The van der Waals surface area contributed by atoms with Crippen LogP contribution >= 0.6 is 11.6 Å². The Labute approximate surface area is 116 Å². The third-order valence-electron chi connectivity index (χ3n) is 2.63. The molecule has 2 aromatic rings. The van der Waals surface area contributed by atoms with Crippen molar-refractivity contribution in [1.82, 2.24) is 4.98 Å². The molecule has 0 radical (unpaired) electrons. The predicted octanol–water partition coefficient (Wildman–Crippen LogP) is 3.30. The molecular weight excluding hydrogens is 264 g/mol. The Bertz CT molecular complexity index is 600. The fraction of sp³-hybridized carbons (Fsp3) is 0.143. The highest BCUT2D eigenvalue weighted by Crippen LogP contribution is 2.32. The molecule has 0 atom stereocenters. The number of carbonyl (C=O) groups is 1. The van der Waals surface area contributed by atoms with Gasteiger partial charge >= 0.3 is 0 Å². The van der Waals surface area contributed by atoms with Gasteiger partial charge in [0.1, 0.15) is 5.75 Å². The molecule has 1 heterocycles. The molecule has 1 N–H and O–H groups in total. The molecule has 0 saturated heterocycles. The quantitative estimate of drug-likeness (QED) is 0.936. The summed E-state index contributed by atoms with van der Waals surface area (Å²) in [5.74, 6) is 0.370. The number of amides is 1. The summed E-state index contributed by atoms with van der Waals surface area (Å²) < 4.78 is 5.28. The van der Waals surface area contributed by atoms with Crippen molar-refractivity contribution >= 4 is 23.2 Å². The Morgan fingerprint density at radius 3 is 2.63 bits per heavy atom. The van der Waals surface area contributed by atoms with Gasteiger partial charge in [-0.2, -0.15) is 0 Å². The van der Waals surface area contributed by atoms with Crippen molar-refractivity contribution in [3.8, 4) is 5.75 Å². The molecule has 0 spiro atoms. The maximum Gasteiger partial charge on any atom is 0.255 e. The molecule has 1 aromatic heterocycles. The van der Waals surface area contributed by atoms with Crippen LogP contribution in [0.15, 0.2) is 36.7 Å². The lowest BCUT2D eigenvalue weighted by molar-refractivity contribution is 0.102. The minimum atomic E-state index is -0.234. The van der Waals surface area contributed by atoms with Crippen LogP contribution in [0.5, 0.6) is 5.75 Å². The summed E-state index contributed by atoms with van der Waals surface area (Å²) in [4.78, 5) is 15.9. The number of nitrogens with zero attached hydrogens (tertiary/aromatic N) is 1. The first kappa shape index (κ1) is 13.4. The third kappa shape index (κ3) is 3.03. The Balaban J connectivity index is 2.31. The number of anilines is 1. The lowest BCUT2D eigenvalue weighted by Gasteiger charge is -2.13. The van der Waals surface area contributed by atoms with Gasteiger partial charge in [0.25, 0.3) is 5.91 Å². The fourth-order valence-corrected chi connectivity index (χ4v) is 2.06. The Morgan fingerprint density at radius 1 is 1.32 bits per heavy atom. The van der Waals surface area contributed by atoms with Gasteiger partial charge in [0.05, 0.1) is 12.8 Å². The zero-order valence-electron chi connectivity index (χ0n) is 10.6. The molecule has 0 bridgehead atoms. The van der Waals surface area contributed by atoms with Gasteiger partial charge in [0.15, 0.2) is 0 Å². The van der Waals surface area contributed by atoms with E-state index in [0.29, 0.717) is 22.0 Å². The largest absolute Gasteiger partial charge is 0.494 e. The van der Waals surface area contributed by atoms with Gasteiger partial charge in [0.2, 0.25) is 0 Å². The second-order valence-corrected chi connectivity index (χ2v) is 4.43. The summed E-state index contributed by atoms with van der Waals surface area (Å²) >= 11 is 5.99. The van der Waals surface area contributed by atoms with Crippen LogP contribution in [0.4, 0.5) is 5.69 Å². The molecule has 0 aliphatic carbocycles. The molecule has 0 aliphatic heterocycles. The lowest BCUT2D eigenvalue weighted by Crippen LogP contribution is -2.13. The molecule has 0 fully saturated rings. The van der Waals surface area contributed by atoms with Gasteiger partial charge in [-0.3, -0.25) is 9.78 Å². The van der Waals surface area contributed by atoms with E-state index < -0.39 is 0 Å². The molecule has 0 unspecified atom stereocenters. The monoisotopic (exact) mass is 276 g/mol. The molecule has 1 aromatic carbocycles. The number of aryl methyl sites for hydroxylation is 1. The van der Waals surface area contributed by atoms with E-state index in [1.165, 1.54) is 0 Å². The van der Waals surface area contributed by atoms with Crippen LogP contribution in [0.25, 0.3) is 0 Å². The van der Waals surface area contributed by atoms with E-state index >= 15 is 0 Å². The first-order valence-electron chi connectivity index (χ1n) is 5.67. The minimum absolute atomic E-state index is 0.234. The first-order chi connectivity index (χ1) is 9.11. The number of methoxy groups -OCH3 is 1. The van der Waals surface area contributed by atoms with Crippen molar-refractivity contribution in [1.29, 1.82) is 0 Å². The number of aromatic nitrogens is 1. The molecular formula is C14H13ClN2O2. The van der Waals surface area contributed by atoms with Crippen LogP contribution in [0.2, 0.25) is 5.02 Å². The van der Waals surface area contributed by atoms with E-state index in [2.05, 4.69) is 10.3 Å². The van der Waals surface area contributed by atoms with Crippen molar-refractivity contribution in [3.63, 3.8) is 0 Å². The average molecular weight is 277 g/mol. The highest BCUT2D eigenvalue weighted by Gasteiger charge is 2.12. The standard InChI is InChI=1S/C14H13ClN2O2/c1-9-7-11(15)8-12(13(9)19-2)17-14(18)10-3-5-16-6-4-10/h3-8H,1-2H3,(H,17,18). The van der Waals surface area contributed by atoms with Crippen molar-refractivity contribution < 1.29 is 9.53 Å². The maximum atomic E-state index is 12.1. The van der Waals surface area contributed by atoms with Gasteiger partial charge in [-0.1, -0.05) is 11.6 Å². The fourth-order valence-electron chi connectivity index (χ4n) is 1.79. The zero-order valence-corrected chi connectivity index (χ0v) is 11.4. The summed E-state index contributed by atoms with van der Waals surface area (Å²) in [5, 5.41) is 3.33. The van der Waals surface area contributed by atoms with Gasteiger partial charge < -0.3 is 10.1 Å². The highest BCUT2D eigenvalue weighted by molar-refractivity contribution is 6.31. The van der Waals surface area contributed by atoms with Crippen LogP contribution in [0, 0.1) is 6.92 Å². The van der Waals surface area contributed by atoms with Gasteiger partial charge in [-0.25, -0.2) is 0 Å². The van der Waals surface area contributed by atoms with Gasteiger partial charge in [-0.15, -0.1) is 0 Å². The summed E-state index contributed by atoms with van der Waals surface area (Å²) in [6.07, 6.45) is 3.13. The summed E-state index contributed by atoms with van der Waals surface area (Å²) in [6, 6.07) is 6.72. The van der Waals surface area contributed by atoms with Gasteiger partial charge in [-0.05, 0) is 36.8 Å². The van der Waals surface area contributed by atoms with Crippen molar-refractivity contribution in [3.05, 3.63) is 52.8 Å². The van der Waals surface area contributed by atoms with Crippen molar-refractivity contribution in [2.24, 2.45) is 0 Å². The second-order valence-electron chi connectivity index (χ2n) is 3.99. The molecule has 98 valence electrons. The highest BCUT2D eigenvalue weighted by atomic mass is 35.5. The van der Waals surface area contributed by atoms with Gasteiger partial charge in [0, 0.05) is 23.0 Å². The van der Waals surface area contributed by atoms with Crippen LogP contribution in [0.3, 0.4) is 0 Å². The van der Waals surface area contributed by atoms with Crippen LogP contribution < -0.4 is 10.1 Å². The smallest absolute Gasteiger partial charge is 0.255 e. The molecule has 5 heteroatoms. The number of rotatable bonds is 3. The molecule has 1 amide bonds. The van der Waals surface area contributed by atoms with Crippen LogP contribution in [0.1, 0.15) is 15.9 Å². The van der Waals surface area contributed by atoms with E-state index in [0.717, 1.165) is 5.56 Å². The molecule has 0 aliphatic rings. The van der Waals surface area contributed by atoms with E-state index in [4.69, 9.17) is 16.3 Å². The third-order valence-corrected chi connectivity index (χ3v) is 2.85. The molecule has 0 saturated carbocycles. The molecule has 19 heavy (non-hydrogen) atoms. The average Bonchev–Trinajstić information content (AvgIpc) is 2.39. The normalized spacial score (nSPS) is 10.1. The minimum Gasteiger partial charge on any atom is -0.494 e. The Hall–Kier alpha value is -2.07. The topological polar surface area (TPSA) is 51.2 Å². The van der Waals surface area contributed by atoms with E-state index in [1.807, 2.05) is 6.92 Å². The summed E-state index contributed by atoms with van der Waals surface area (Å²) in [6.45, 7) is 1.87. The van der Waals surface area contributed by atoms with E-state index in [-0.39, 0.29) is 5.91 Å². The van der Waals surface area contributed by atoms with Crippen molar-refractivity contribution in [2.75, 3.05) is 12.4 Å². The summed E-state index contributed by atoms with van der Waals surface area (Å²) in [7, 11) is 1.55. The first-order valence-corrected chi connectivity index (χ1v) is 6.05. The van der Waals surface area contributed by atoms with Crippen molar-refractivity contribution in [2.45, 2.75) is 6.92 Å². The number of carbonyl (C=O) groups excluding carboxylic acids is 1. The lowest BCUT2D eigenvalue weighted by atomic mass is 10.1. The SMILES string of the molecule is COc1c(C)cc(Cl)cc1NC(=O)c1ccncc1. The van der Waals surface area contributed by atoms with Crippen LogP contribution in [-0.2, 0) is 0 Å². The Morgan fingerprint density at radius 2 is 2.00 bits per heavy atom. The molecule has 2 rings (SSSR count). The number of benzene rings is 1. The second kappa shape index (κ2) is 5.71. The van der Waals surface area contributed by atoms with E-state index in [9.17, 15) is 4.79 Å². The number of halogens is 1. The summed E-state index contributed by atoms with van der Waals surface area (Å²) in [5.41, 5.74) is 1.93. The maximum absolute atomic E-state index is 12.1. The zero-order chi connectivity index (χ0) is 13.8. The number of hydrogen-bond donors (Lipinski definition) is 1. The molecule has 4 nitrogen and oxygen atoms in total.